The van der Waals surface area contributed by atoms with Gasteiger partial charge in [-0.05, 0) is 6.92 Å². The van der Waals surface area contributed by atoms with Crippen LogP contribution in [0.4, 0.5) is 0 Å². The van der Waals surface area contributed by atoms with Gasteiger partial charge in [-0.25, -0.2) is 4.98 Å². The van der Waals surface area contributed by atoms with Gasteiger partial charge in [0.25, 0.3) is 5.91 Å². The summed E-state index contributed by atoms with van der Waals surface area (Å²) < 4.78 is 12.6. The predicted molar refractivity (Wildman–Crippen MR) is 89.1 cm³/mol. The molecule has 0 radical (unpaired) electrons. The highest BCUT2D eigenvalue weighted by molar-refractivity contribution is 5.92. The summed E-state index contributed by atoms with van der Waals surface area (Å²) in [5.41, 5.74) is 2.54. The van der Waals surface area contributed by atoms with Crippen molar-refractivity contribution < 1.29 is 14.1 Å². The second-order valence-electron chi connectivity index (χ2n) is 6.78. The predicted octanol–water partition coefficient (Wildman–Crippen LogP) is 0.616. The van der Waals surface area contributed by atoms with E-state index in [1.807, 2.05) is 18.3 Å². The maximum Gasteiger partial charge on any atom is 0.276 e. The minimum atomic E-state index is -0.0913. The third-order valence-electron chi connectivity index (χ3n) is 5.02. The van der Waals surface area contributed by atoms with Crippen LogP contribution >= 0.6 is 0 Å². The van der Waals surface area contributed by atoms with E-state index in [2.05, 4.69) is 19.6 Å². The average Bonchev–Trinajstić information content (AvgIpc) is 3.21. The lowest BCUT2D eigenvalue weighted by molar-refractivity contribution is 0.0186. The molecular weight excluding hydrogens is 322 g/mol. The molecule has 2 aliphatic rings. The van der Waals surface area contributed by atoms with Crippen LogP contribution in [0.15, 0.2) is 16.9 Å². The fourth-order valence-corrected chi connectivity index (χ4v) is 3.62. The maximum atomic E-state index is 13.0. The Morgan fingerprint density at radius 3 is 2.88 bits per heavy atom. The third kappa shape index (κ3) is 3.19. The van der Waals surface area contributed by atoms with Crippen LogP contribution in [0, 0.1) is 6.92 Å². The van der Waals surface area contributed by atoms with E-state index in [0.29, 0.717) is 18.0 Å². The number of aryl methyl sites for hydroxylation is 2. The summed E-state index contributed by atoms with van der Waals surface area (Å²) >= 11 is 0. The molecular formula is C17H23N5O3. The number of imidazole rings is 1. The first-order valence-corrected chi connectivity index (χ1v) is 8.65. The highest BCUT2D eigenvalue weighted by Crippen LogP contribution is 2.25. The largest absolute Gasteiger partial charge is 0.379 e. The molecule has 2 aromatic rings. The molecule has 4 heterocycles. The summed E-state index contributed by atoms with van der Waals surface area (Å²) in [5, 5.41) is 3.91. The summed E-state index contributed by atoms with van der Waals surface area (Å²) in [4.78, 5) is 21.7. The number of aromatic nitrogens is 3. The fraction of sp³-hybridized carbons (Fsp3) is 0.588. The van der Waals surface area contributed by atoms with E-state index in [-0.39, 0.29) is 11.9 Å². The third-order valence-corrected chi connectivity index (χ3v) is 5.02. The van der Waals surface area contributed by atoms with Gasteiger partial charge < -0.3 is 18.7 Å². The molecule has 2 aliphatic heterocycles. The number of amides is 1. The molecule has 2 aromatic heterocycles. The molecule has 1 amide bonds. The van der Waals surface area contributed by atoms with Crippen molar-refractivity contribution in [3.05, 3.63) is 35.2 Å². The Kier molecular flexibility index (Phi) is 4.30. The van der Waals surface area contributed by atoms with Crippen molar-refractivity contribution in [3.63, 3.8) is 0 Å². The van der Waals surface area contributed by atoms with Crippen LogP contribution in [0.3, 0.4) is 0 Å². The van der Waals surface area contributed by atoms with Crippen LogP contribution in [-0.2, 0) is 24.8 Å². The smallest absolute Gasteiger partial charge is 0.276 e. The molecule has 25 heavy (non-hydrogen) atoms. The molecule has 4 rings (SSSR count). The Bertz CT molecular complexity index is 762. The molecule has 1 fully saturated rings. The number of carbonyl (C=O) groups excluding carboxylic acids is 1. The highest BCUT2D eigenvalue weighted by Gasteiger charge is 2.35. The van der Waals surface area contributed by atoms with Crippen molar-refractivity contribution in [3.8, 4) is 0 Å². The molecule has 0 N–H and O–H groups in total. The Labute approximate surface area is 146 Å². The van der Waals surface area contributed by atoms with Crippen LogP contribution in [0.5, 0.6) is 0 Å². The second kappa shape index (κ2) is 6.61. The van der Waals surface area contributed by atoms with E-state index in [0.717, 1.165) is 45.0 Å². The standard InChI is InChI=1S/C17H23N5O3/c1-12-7-14(19-25-12)17(23)22-10-15-16(20(2)11-18-15)8-13(22)9-21-3-5-24-6-4-21/h7,11,13H,3-6,8-10H2,1-2H3/t13-/m1/s1. The zero-order chi connectivity index (χ0) is 17.4. The van der Waals surface area contributed by atoms with Gasteiger partial charge in [-0.3, -0.25) is 9.69 Å². The Morgan fingerprint density at radius 1 is 1.36 bits per heavy atom. The SMILES string of the molecule is Cc1cc(C(=O)N2Cc3ncn(C)c3C[C@@H]2CN2CCOCC2)no1. The van der Waals surface area contributed by atoms with Gasteiger partial charge >= 0.3 is 0 Å². The second-order valence-corrected chi connectivity index (χ2v) is 6.78. The topological polar surface area (TPSA) is 76.6 Å². The van der Waals surface area contributed by atoms with Crippen molar-refractivity contribution >= 4 is 5.91 Å². The number of carbonyl (C=O) groups is 1. The van der Waals surface area contributed by atoms with Crippen LogP contribution < -0.4 is 0 Å². The first-order chi connectivity index (χ1) is 12.1. The number of rotatable bonds is 3. The number of fused-ring (bicyclic) bond motifs is 1. The lowest BCUT2D eigenvalue weighted by Gasteiger charge is -2.39. The molecule has 0 bridgehead atoms. The normalized spacial score (nSPS) is 21.4. The molecule has 0 aliphatic carbocycles. The first kappa shape index (κ1) is 16.3. The molecule has 8 nitrogen and oxygen atoms in total. The average molecular weight is 345 g/mol. The number of ether oxygens (including phenoxy) is 1. The van der Waals surface area contributed by atoms with Crippen LogP contribution in [0.1, 0.15) is 27.6 Å². The van der Waals surface area contributed by atoms with Crippen molar-refractivity contribution in [1.82, 2.24) is 24.5 Å². The summed E-state index contributed by atoms with van der Waals surface area (Å²) in [5.74, 6) is 0.551. The lowest BCUT2D eigenvalue weighted by Crippen LogP contribution is -2.52. The minimum Gasteiger partial charge on any atom is -0.379 e. The Balaban J connectivity index is 1.59. The first-order valence-electron chi connectivity index (χ1n) is 8.65. The van der Waals surface area contributed by atoms with Gasteiger partial charge in [0.2, 0.25) is 0 Å². The van der Waals surface area contributed by atoms with Gasteiger partial charge in [0.15, 0.2) is 5.69 Å². The monoisotopic (exact) mass is 345 g/mol. The molecule has 1 saturated heterocycles. The van der Waals surface area contributed by atoms with E-state index in [1.54, 1.807) is 13.0 Å². The lowest BCUT2D eigenvalue weighted by atomic mass is 10.0. The van der Waals surface area contributed by atoms with E-state index < -0.39 is 0 Å². The van der Waals surface area contributed by atoms with E-state index in [9.17, 15) is 4.79 Å². The van der Waals surface area contributed by atoms with Crippen molar-refractivity contribution in [2.75, 3.05) is 32.8 Å². The zero-order valence-electron chi connectivity index (χ0n) is 14.6. The molecule has 0 saturated carbocycles. The van der Waals surface area contributed by atoms with Gasteiger partial charge in [0, 0.05) is 44.9 Å². The molecule has 0 unspecified atom stereocenters. The van der Waals surface area contributed by atoms with E-state index in [1.165, 1.54) is 5.69 Å². The molecule has 134 valence electrons. The van der Waals surface area contributed by atoms with Crippen molar-refractivity contribution in [2.24, 2.45) is 7.05 Å². The molecule has 0 spiro atoms. The summed E-state index contributed by atoms with van der Waals surface area (Å²) in [6.45, 7) is 6.44. The van der Waals surface area contributed by atoms with Gasteiger partial charge in [-0.1, -0.05) is 5.16 Å². The van der Waals surface area contributed by atoms with Crippen molar-refractivity contribution in [1.29, 1.82) is 0 Å². The van der Waals surface area contributed by atoms with Gasteiger partial charge in [0.1, 0.15) is 5.76 Å². The van der Waals surface area contributed by atoms with Gasteiger partial charge in [-0.15, -0.1) is 0 Å². The number of hydrogen-bond acceptors (Lipinski definition) is 6. The zero-order valence-corrected chi connectivity index (χ0v) is 14.6. The van der Waals surface area contributed by atoms with Gasteiger partial charge in [-0.2, -0.15) is 0 Å². The summed E-state index contributed by atoms with van der Waals surface area (Å²) in [6.07, 6.45) is 2.62. The number of morpholine rings is 1. The van der Waals surface area contributed by atoms with Gasteiger partial charge in [0.05, 0.1) is 37.8 Å². The Hall–Kier alpha value is -2.19. The van der Waals surface area contributed by atoms with E-state index in [4.69, 9.17) is 9.26 Å². The minimum absolute atomic E-state index is 0.0884. The quantitative estimate of drug-likeness (QED) is 0.811. The van der Waals surface area contributed by atoms with Crippen LogP contribution in [0.2, 0.25) is 0 Å². The fourth-order valence-electron chi connectivity index (χ4n) is 3.62. The number of hydrogen-bond donors (Lipinski definition) is 0. The number of nitrogens with zero attached hydrogens (tertiary/aromatic N) is 5. The summed E-state index contributed by atoms with van der Waals surface area (Å²) in [6, 6.07) is 1.78. The highest BCUT2D eigenvalue weighted by atomic mass is 16.5. The summed E-state index contributed by atoms with van der Waals surface area (Å²) in [7, 11) is 2.01. The van der Waals surface area contributed by atoms with Crippen molar-refractivity contribution in [2.45, 2.75) is 25.9 Å². The van der Waals surface area contributed by atoms with Crippen LogP contribution in [0.25, 0.3) is 0 Å². The Morgan fingerprint density at radius 2 is 2.16 bits per heavy atom. The maximum absolute atomic E-state index is 13.0. The van der Waals surface area contributed by atoms with Crippen LogP contribution in [-0.4, -0.2) is 69.3 Å². The van der Waals surface area contributed by atoms with E-state index >= 15 is 0 Å². The molecule has 8 heteroatoms. The molecule has 0 aromatic carbocycles. The molecule has 1 atom stereocenters.